The maximum absolute atomic E-state index is 13.0. The number of amides is 2. The van der Waals surface area contributed by atoms with Crippen LogP contribution in [0.3, 0.4) is 0 Å². The summed E-state index contributed by atoms with van der Waals surface area (Å²) in [6.45, 7) is 1.97. The van der Waals surface area contributed by atoms with Gasteiger partial charge in [0.2, 0.25) is 0 Å². The Balaban J connectivity index is 1.35. The van der Waals surface area contributed by atoms with E-state index < -0.39 is 0 Å². The molecular weight excluding hydrogens is 356 g/mol. The van der Waals surface area contributed by atoms with Crippen molar-refractivity contribution in [2.24, 2.45) is 0 Å². The molecule has 144 valence electrons. The number of nitrogens with one attached hydrogen (secondary N) is 2. The Hall–Kier alpha value is -3.22. The number of nitrogens with zero attached hydrogens (tertiary/aromatic N) is 2. The number of aromatic nitrogens is 2. The molecule has 2 aliphatic heterocycles. The molecule has 3 aromatic rings. The third-order valence-electron chi connectivity index (χ3n) is 5.24. The summed E-state index contributed by atoms with van der Waals surface area (Å²) >= 11 is 0. The molecular formula is C21H22N4O3. The van der Waals surface area contributed by atoms with E-state index in [9.17, 15) is 4.79 Å². The van der Waals surface area contributed by atoms with E-state index in [0.717, 1.165) is 41.9 Å². The fourth-order valence-corrected chi connectivity index (χ4v) is 3.86. The van der Waals surface area contributed by atoms with Gasteiger partial charge in [0.05, 0.1) is 30.3 Å². The number of carbonyl (C=O) groups is 1. The minimum atomic E-state index is -0.127. The van der Waals surface area contributed by atoms with Crippen LogP contribution >= 0.6 is 0 Å². The molecule has 2 aliphatic rings. The Kier molecular flexibility index (Phi) is 4.27. The first-order chi connectivity index (χ1) is 13.8. The molecule has 1 fully saturated rings. The first-order valence-electron chi connectivity index (χ1n) is 9.70. The van der Waals surface area contributed by atoms with E-state index in [1.54, 1.807) is 0 Å². The molecule has 0 bridgehead atoms. The van der Waals surface area contributed by atoms with Gasteiger partial charge in [-0.1, -0.05) is 12.1 Å². The van der Waals surface area contributed by atoms with Gasteiger partial charge in [0.25, 0.3) is 0 Å². The average molecular weight is 378 g/mol. The second-order valence-electron chi connectivity index (χ2n) is 7.13. The highest BCUT2D eigenvalue weighted by Gasteiger charge is 2.32. The van der Waals surface area contributed by atoms with Crippen molar-refractivity contribution in [3.8, 4) is 11.5 Å². The van der Waals surface area contributed by atoms with Crippen LogP contribution in [0.5, 0.6) is 11.5 Å². The fourth-order valence-electron chi connectivity index (χ4n) is 3.86. The number of benzene rings is 2. The van der Waals surface area contributed by atoms with Gasteiger partial charge in [-0.05, 0) is 37.1 Å². The van der Waals surface area contributed by atoms with E-state index in [-0.39, 0.29) is 12.1 Å². The number of aromatic amines is 1. The number of rotatable bonds is 2. The fraction of sp³-hybridized carbons (Fsp3) is 0.333. The van der Waals surface area contributed by atoms with Crippen LogP contribution in [0, 0.1) is 0 Å². The number of carbonyl (C=O) groups excluding carboxylic acids is 1. The molecule has 28 heavy (non-hydrogen) atoms. The van der Waals surface area contributed by atoms with E-state index >= 15 is 0 Å². The number of H-pyrrole nitrogens is 1. The Morgan fingerprint density at radius 3 is 2.86 bits per heavy atom. The lowest BCUT2D eigenvalue weighted by molar-refractivity contribution is 0.205. The van der Waals surface area contributed by atoms with Crippen molar-refractivity contribution in [3.05, 3.63) is 48.3 Å². The molecule has 3 heterocycles. The number of anilines is 1. The van der Waals surface area contributed by atoms with Gasteiger partial charge < -0.3 is 24.7 Å². The van der Waals surface area contributed by atoms with Crippen molar-refractivity contribution in [1.29, 1.82) is 0 Å². The van der Waals surface area contributed by atoms with Crippen molar-refractivity contribution < 1.29 is 14.3 Å². The molecule has 2 N–H and O–H groups in total. The highest BCUT2D eigenvalue weighted by atomic mass is 16.5. The van der Waals surface area contributed by atoms with Crippen molar-refractivity contribution in [2.45, 2.75) is 25.3 Å². The van der Waals surface area contributed by atoms with Gasteiger partial charge in [0, 0.05) is 24.7 Å². The summed E-state index contributed by atoms with van der Waals surface area (Å²) in [6, 6.07) is 13.3. The Labute approximate surface area is 162 Å². The predicted octanol–water partition coefficient (Wildman–Crippen LogP) is 4.09. The number of ether oxygens (including phenoxy) is 2. The maximum Gasteiger partial charge on any atom is 0.322 e. The van der Waals surface area contributed by atoms with Crippen LogP contribution in [0.1, 0.15) is 31.1 Å². The third-order valence-corrected chi connectivity index (χ3v) is 5.24. The van der Waals surface area contributed by atoms with E-state index in [0.29, 0.717) is 31.2 Å². The normalized spacial score (nSPS) is 18.9. The summed E-state index contributed by atoms with van der Waals surface area (Å²) in [5.74, 6) is 2.23. The number of likely N-dealkylation sites (tertiary alicyclic amines) is 1. The maximum atomic E-state index is 13.0. The van der Waals surface area contributed by atoms with E-state index in [4.69, 9.17) is 9.47 Å². The topological polar surface area (TPSA) is 79.5 Å². The van der Waals surface area contributed by atoms with Crippen LogP contribution in [0.2, 0.25) is 0 Å². The minimum absolute atomic E-state index is 0.0483. The van der Waals surface area contributed by atoms with Crippen LogP contribution in [0.15, 0.2) is 42.5 Å². The molecule has 5 rings (SSSR count). The number of hydrogen-bond donors (Lipinski definition) is 2. The second kappa shape index (κ2) is 7.07. The Morgan fingerprint density at radius 1 is 1.11 bits per heavy atom. The van der Waals surface area contributed by atoms with E-state index in [2.05, 4.69) is 15.3 Å². The monoisotopic (exact) mass is 378 g/mol. The van der Waals surface area contributed by atoms with Crippen LogP contribution in [0.4, 0.5) is 10.5 Å². The predicted molar refractivity (Wildman–Crippen MR) is 106 cm³/mol. The van der Waals surface area contributed by atoms with Crippen LogP contribution in [0.25, 0.3) is 11.0 Å². The summed E-state index contributed by atoms with van der Waals surface area (Å²) < 4.78 is 11.4. The first-order valence-corrected chi connectivity index (χ1v) is 9.70. The van der Waals surface area contributed by atoms with Crippen LogP contribution < -0.4 is 14.8 Å². The zero-order valence-corrected chi connectivity index (χ0v) is 15.5. The molecule has 0 radical (unpaired) electrons. The lowest BCUT2D eigenvalue weighted by Crippen LogP contribution is -2.34. The van der Waals surface area contributed by atoms with E-state index in [1.807, 2.05) is 47.4 Å². The molecule has 1 saturated heterocycles. The van der Waals surface area contributed by atoms with Crippen molar-refractivity contribution in [3.63, 3.8) is 0 Å². The van der Waals surface area contributed by atoms with Crippen LogP contribution in [-0.4, -0.2) is 40.7 Å². The van der Waals surface area contributed by atoms with Gasteiger partial charge in [-0.25, -0.2) is 9.78 Å². The van der Waals surface area contributed by atoms with Gasteiger partial charge in [-0.15, -0.1) is 0 Å². The molecule has 2 aromatic carbocycles. The highest BCUT2D eigenvalue weighted by Crippen LogP contribution is 2.34. The average Bonchev–Trinajstić information content (AvgIpc) is 3.29. The molecule has 0 unspecified atom stereocenters. The third kappa shape index (κ3) is 3.13. The number of urea groups is 1. The largest absolute Gasteiger partial charge is 0.490 e. The summed E-state index contributed by atoms with van der Waals surface area (Å²) in [5.41, 5.74) is 2.62. The molecule has 0 aliphatic carbocycles. The first kappa shape index (κ1) is 16.9. The molecule has 1 aromatic heterocycles. The van der Waals surface area contributed by atoms with Crippen LogP contribution in [-0.2, 0) is 0 Å². The minimum Gasteiger partial charge on any atom is -0.490 e. The zero-order chi connectivity index (χ0) is 18.9. The number of fused-ring (bicyclic) bond motifs is 2. The standard InChI is InChI=1S/C21H22N4O3/c26-21(22-14-8-9-18-19(13-14)28-12-4-11-27-18)25-10-3-7-17(25)20-23-15-5-1-2-6-16(15)24-20/h1-2,5-6,8-9,13,17H,3-4,7,10-12H2,(H,22,26)(H,23,24)/t17-/m0/s1. The second-order valence-corrected chi connectivity index (χ2v) is 7.13. The summed E-state index contributed by atoms with van der Waals surface area (Å²) in [6.07, 6.45) is 2.70. The smallest absolute Gasteiger partial charge is 0.322 e. The highest BCUT2D eigenvalue weighted by molar-refractivity contribution is 5.90. The molecule has 0 spiro atoms. The molecule has 7 heteroatoms. The lowest BCUT2D eigenvalue weighted by atomic mass is 10.2. The zero-order valence-electron chi connectivity index (χ0n) is 15.5. The molecule has 7 nitrogen and oxygen atoms in total. The van der Waals surface area contributed by atoms with Gasteiger partial charge >= 0.3 is 6.03 Å². The Morgan fingerprint density at radius 2 is 1.96 bits per heavy atom. The van der Waals surface area contributed by atoms with Gasteiger partial charge in [-0.3, -0.25) is 0 Å². The molecule has 0 saturated carbocycles. The van der Waals surface area contributed by atoms with Crippen molar-refractivity contribution >= 4 is 22.8 Å². The molecule has 2 amide bonds. The lowest BCUT2D eigenvalue weighted by Gasteiger charge is -2.23. The van der Waals surface area contributed by atoms with Crippen molar-refractivity contribution in [1.82, 2.24) is 14.9 Å². The van der Waals surface area contributed by atoms with Gasteiger partial charge in [0.15, 0.2) is 11.5 Å². The van der Waals surface area contributed by atoms with Gasteiger partial charge in [-0.2, -0.15) is 0 Å². The number of hydrogen-bond acceptors (Lipinski definition) is 4. The number of para-hydroxylation sites is 2. The van der Waals surface area contributed by atoms with E-state index in [1.165, 1.54) is 0 Å². The summed E-state index contributed by atoms with van der Waals surface area (Å²) in [5, 5.41) is 3.00. The summed E-state index contributed by atoms with van der Waals surface area (Å²) in [4.78, 5) is 22.9. The summed E-state index contributed by atoms with van der Waals surface area (Å²) in [7, 11) is 0. The number of imidazole rings is 1. The SMILES string of the molecule is O=C(Nc1ccc2c(c1)OCCCO2)N1CCC[C@H]1c1nc2ccccc2[nH]1. The Bertz CT molecular complexity index is 983. The van der Waals surface area contributed by atoms with Gasteiger partial charge in [0.1, 0.15) is 5.82 Å². The quantitative estimate of drug-likeness (QED) is 0.704. The van der Waals surface area contributed by atoms with Crippen molar-refractivity contribution in [2.75, 3.05) is 25.1 Å². The molecule has 1 atom stereocenters.